The molecular formula is C15H21Cl2NO3S. The Kier molecular flexibility index (Phi) is 6.14. The first-order valence-corrected chi connectivity index (χ1v) is 9.63. The molecule has 2 rings (SSSR count). The van der Waals surface area contributed by atoms with Crippen LogP contribution >= 0.6 is 23.2 Å². The Hall–Kier alpha value is -0.330. The van der Waals surface area contributed by atoms with Crippen LogP contribution in [-0.4, -0.2) is 32.9 Å². The van der Waals surface area contributed by atoms with Crippen molar-refractivity contribution in [1.82, 2.24) is 4.72 Å². The van der Waals surface area contributed by atoms with Crippen LogP contribution in [0.1, 0.15) is 25.8 Å². The Morgan fingerprint density at radius 1 is 1.32 bits per heavy atom. The first kappa shape index (κ1) is 18.0. The van der Waals surface area contributed by atoms with Crippen molar-refractivity contribution in [2.24, 2.45) is 5.92 Å². The van der Waals surface area contributed by atoms with Gasteiger partial charge in [0.05, 0.1) is 11.9 Å². The molecule has 1 fully saturated rings. The third-order valence-corrected chi connectivity index (χ3v) is 6.66. The summed E-state index contributed by atoms with van der Waals surface area (Å²) in [7, 11) is -3.39. The van der Waals surface area contributed by atoms with E-state index in [9.17, 15) is 8.42 Å². The van der Waals surface area contributed by atoms with E-state index in [4.69, 9.17) is 27.9 Å². The van der Waals surface area contributed by atoms with Gasteiger partial charge in [-0.1, -0.05) is 29.3 Å². The second-order valence-electron chi connectivity index (χ2n) is 5.88. The van der Waals surface area contributed by atoms with Crippen LogP contribution in [-0.2, 0) is 21.2 Å². The predicted octanol–water partition coefficient (Wildman–Crippen LogP) is 3.27. The molecule has 1 aromatic carbocycles. The van der Waals surface area contributed by atoms with Gasteiger partial charge in [-0.05, 0) is 44.4 Å². The summed E-state index contributed by atoms with van der Waals surface area (Å²) in [5, 5.41) is 0.632. The van der Waals surface area contributed by atoms with Gasteiger partial charge in [0.15, 0.2) is 0 Å². The monoisotopic (exact) mass is 365 g/mol. The summed E-state index contributed by atoms with van der Waals surface area (Å²) in [6, 6.07) is 5.18. The average Bonchev–Trinajstić information content (AvgIpc) is 2.42. The van der Waals surface area contributed by atoms with E-state index in [1.165, 1.54) is 0 Å². The van der Waals surface area contributed by atoms with E-state index in [0.29, 0.717) is 36.1 Å². The van der Waals surface area contributed by atoms with Crippen LogP contribution in [0.25, 0.3) is 0 Å². The Morgan fingerprint density at radius 3 is 2.55 bits per heavy atom. The van der Waals surface area contributed by atoms with Crippen molar-refractivity contribution >= 4 is 33.2 Å². The second-order valence-corrected chi connectivity index (χ2v) is 8.63. The molecule has 22 heavy (non-hydrogen) atoms. The van der Waals surface area contributed by atoms with Gasteiger partial charge in [-0.25, -0.2) is 13.1 Å². The fourth-order valence-corrected chi connectivity index (χ4v) is 5.25. The predicted molar refractivity (Wildman–Crippen MR) is 90.1 cm³/mol. The summed E-state index contributed by atoms with van der Waals surface area (Å²) in [5.41, 5.74) is 0.783. The Morgan fingerprint density at radius 2 is 1.95 bits per heavy atom. The van der Waals surface area contributed by atoms with Crippen LogP contribution in [0, 0.1) is 5.92 Å². The highest BCUT2D eigenvalue weighted by molar-refractivity contribution is 7.90. The SMILES string of the molecule is CC(C)NS(=O)(=O)[C@H]1CCOC[C@H]1Cc1c(Cl)cccc1Cl. The van der Waals surface area contributed by atoms with E-state index >= 15 is 0 Å². The first-order valence-electron chi connectivity index (χ1n) is 7.33. The van der Waals surface area contributed by atoms with Crippen molar-refractivity contribution in [3.8, 4) is 0 Å². The van der Waals surface area contributed by atoms with Crippen molar-refractivity contribution < 1.29 is 13.2 Å². The maximum Gasteiger partial charge on any atom is 0.215 e. The van der Waals surface area contributed by atoms with Crippen LogP contribution < -0.4 is 4.72 Å². The van der Waals surface area contributed by atoms with Crippen LogP contribution in [0.3, 0.4) is 0 Å². The number of hydrogen-bond donors (Lipinski definition) is 1. The smallest absolute Gasteiger partial charge is 0.215 e. The minimum atomic E-state index is -3.39. The number of benzene rings is 1. The molecule has 0 unspecified atom stereocenters. The van der Waals surface area contributed by atoms with Gasteiger partial charge in [0.25, 0.3) is 0 Å². The lowest BCUT2D eigenvalue weighted by Gasteiger charge is -2.32. The summed E-state index contributed by atoms with van der Waals surface area (Å²) in [4.78, 5) is 0. The van der Waals surface area contributed by atoms with Gasteiger partial charge >= 0.3 is 0 Å². The molecule has 1 saturated heterocycles. The summed E-state index contributed by atoms with van der Waals surface area (Å²) in [5.74, 6) is -0.164. The molecule has 2 atom stereocenters. The Balaban J connectivity index is 2.24. The van der Waals surface area contributed by atoms with Crippen molar-refractivity contribution in [3.05, 3.63) is 33.8 Å². The molecule has 4 nitrogen and oxygen atoms in total. The van der Waals surface area contributed by atoms with E-state index in [0.717, 1.165) is 5.56 Å². The van der Waals surface area contributed by atoms with Crippen molar-refractivity contribution in [2.45, 2.75) is 38.0 Å². The van der Waals surface area contributed by atoms with Gasteiger partial charge in [0, 0.05) is 28.6 Å². The van der Waals surface area contributed by atoms with Crippen molar-refractivity contribution in [1.29, 1.82) is 0 Å². The highest BCUT2D eigenvalue weighted by Crippen LogP contribution is 2.31. The fourth-order valence-electron chi connectivity index (χ4n) is 2.78. The highest BCUT2D eigenvalue weighted by atomic mass is 35.5. The van der Waals surface area contributed by atoms with E-state index in [1.807, 2.05) is 13.8 Å². The molecule has 0 radical (unpaired) electrons. The third kappa shape index (κ3) is 4.36. The number of nitrogens with one attached hydrogen (secondary N) is 1. The molecule has 1 aliphatic heterocycles. The Labute approximate surface area is 142 Å². The molecule has 1 heterocycles. The topological polar surface area (TPSA) is 55.4 Å². The number of halogens is 2. The zero-order valence-corrected chi connectivity index (χ0v) is 15.0. The number of hydrogen-bond acceptors (Lipinski definition) is 3. The molecule has 0 saturated carbocycles. The number of ether oxygens (including phenoxy) is 1. The quantitative estimate of drug-likeness (QED) is 0.870. The number of sulfonamides is 1. The maximum absolute atomic E-state index is 12.5. The molecule has 0 spiro atoms. The maximum atomic E-state index is 12.5. The summed E-state index contributed by atoms with van der Waals surface area (Å²) < 4.78 is 33.2. The van der Waals surface area contributed by atoms with E-state index in [-0.39, 0.29) is 12.0 Å². The third-order valence-electron chi connectivity index (χ3n) is 3.73. The highest BCUT2D eigenvalue weighted by Gasteiger charge is 2.37. The standard InChI is InChI=1S/C15H21Cl2NO3S/c1-10(2)18-22(19,20)15-6-7-21-9-11(15)8-12-13(16)4-3-5-14(12)17/h3-5,10-11,15,18H,6-9H2,1-2H3/t11-,15+/m1/s1. The van der Waals surface area contributed by atoms with E-state index < -0.39 is 15.3 Å². The molecule has 1 N–H and O–H groups in total. The van der Waals surface area contributed by atoms with Gasteiger partial charge in [-0.2, -0.15) is 0 Å². The van der Waals surface area contributed by atoms with Crippen LogP contribution in [0.15, 0.2) is 18.2 Å². The lowest BCUT2D eigenvalue weighted by molar-refractivity contribution is 0.0570. The molecule has 0 amide bonds. The minimum Gasteiger partial charge on any atom is -0.381 e. The molecule has 124 valence electrons. The van der Waals surface area contributed by atoms with E-state index in [1.54, 1.807) is 18.2 Å². The zero-order chi connectivity index (χ0) is 16.3. The lowest BCUT2D eigenvalue weighted by Crippen LogP contribution is -2.46. The molecule has 0 aliphatic carbocycles. The average molecular weight is 366 g/mol. The van der Waals surface area contributed by atoms with Gasteiger partial charge in [-0.3, -0.25) is 0 Å². The van der Waals surface area contributed by atoms with Crippen molar-refractivity contribution in [2.75, 3.05) is 13.2 Å². The minimum absolute atomic E-state index is 0.127. The first-order chi connectivity index (χ1) is 10.3. The van der Waals surface area contributed by atoms with Crippen LogP contribution in [0.4, 0.5) is 0 Å². The van der Waals surface area contributed by atoms with Gasteiger partial charge in [0.1, 0.15) is 0 Å². The molecular weight excluding hydrogens is 345 g/mol. The zero-order valence-electron chi connectivity index (χ0n) is 12.7. The Bertz CT molecular complexity index is 599. The largest absolute Gasteiger partial charge is 0.381 e. The lowest BCUT2D eigenvalue weighted by atomic mass is 9.93. The molecule has 0 aromatic heterocycles. The molecule has 1 aliphatic rings. The van der Waals surface area contributed by atoms with Crippen molar-refractivity contribution in [3.63, 3.8) is 0 Å². The van der Waals surface area contributed by atoms with Gasteiger partial charge in [-0.15, -0.1) is 0 Å². The normalized spacial score (nSPS) is 23.0. The number of rotatable bonds is 5. The second kappa shape index (κ2) is 7.49. The summed E-state index contributed by atoms with van der Waals surface area (Å²) >= 11 is 12.4. The molecule has 1 aromatic rings. The van der Waals surface area contributed by atoms with Gasteiger partial charge < -0.3 is 4.74 Å². The summed E-state index contributed by atoms with van der Waals surface area (Å²) in [6.07, 6.45) is 0.969. The molecule has 7 heteroatoms. The van der Waals surface area contributed by atoms with E-state index in [2.05, 4.69) is 4.72 Å². The van der Waals surface area contributed by atoms with Crippen LogP contribution in [0.5, 0.6) is 0 Å². The van der Waals surface area contributed by atoms with Gasteiger partial charge in [0.2, 0.25) is 10.0 Å². The fraction of sp³-hybridized carbons (Fsp3) is 0.600. The molecule has 0 bridgehead atoms. The van der Waals surface area contributed by atoms with Crippen LogP contribution in [0.2, 0.25) is 10.0 Å². The summed E-state index contributed by atoms with van der Waals surface area (Å²) in [6.45, 7) is 4.48.